The minimum absolute atomic E-state index is 0.217. The number of rotatable bonds is 3. The zero-order valence-corrected chi connectivity index (χ0v) is 11.7. The fraction of sp³-hybridized carbons (Fsp3) is 0.214. The minimum Gasteiger partial charge on any atom is -0.284 e. The van der Waals surface area contributed by atoms with E-state index in [4.69, 9.17) is 0 Å². The van der Waals surface area contributed by atoms with Gasteiger partial charge in [0.15, 0.2) is 0 Å². The number of sulfonamides is 1. The fourth-order valence-electron chi connectivity index (χ4n) is 2.31. The Balaban J connectivity index is 1.80. The number of nitrogens with one attached hydrogen (secondary N) is 1. The second-order valence-electron chi connectivity index (χ2n) is 4.64. The van der Waals surface area contributed by atoms with Gasteiger partial charge in [-0.3, -0.25) is 5.10 Å². The Labute approximate surface area is 118 Å². The summed E-state index contributed by atoms with van der Waals surface area (Å²) in [6.45, 7) is 0.895. The summed E-state index contributed by atoms with van der Waals surface area (Å²) in [5.74, 6) is 0. The van der Waals surface area contributed by atoms with Gasteiger partial charge in [0.05, 0.1) is 6.20 Å². The highest BCUT2D eigenvalue weighted by atomic mass is 32.2. The standard InChI is InChI=1S/C14H15N3O2S/c18-20(19,14-10-15-16-11-14)17-8-6-13(7-9-17)12-4-2-1-3-5-12/h1-6,10-11H,7-9H2,(H,15,16). The van der Waals surface area contributed by atoms with Crippen LogP contribution in [0.2, 0.25) is 0 Å². The van der Waals surface area contributed by atoms with E-state index in [1.807, 2.05) is 36.4 Å². The maximum Gasteiger partial charge on any atom is 0.246 e. The van der Waals surface area contributed by atoms with Crippen molar-refractivity contribution in [3.8, 4) is 0 Å². The van der Waals surface area contributed by atoms with Crippen LogP contribution in [0.25, 0.3) is 5.57 Å². The predicted octanol–water partition coefficient (Wildman–Crippen LogP) is 1.89. The third-order valence-corrected chi connectivity index (χ3v) is 5.26. The molecule has 0 radical (unpaired) electrons. The quantitative estimate of drug-likeness (QED) is 0.938. The summed E-state index contributed by atoms with van der Waals surface area (Å²) in [7, 11) is -3.43. The van der Waals surface area contributed by atoms with Crippen molar-refractivity contribution < 1.29 is 8.42 Å². The number of benzene rings is 1. The van der Waals surface area contributed by atoms with Gasteiger partial charge in [-0.2, -0.15) is 9.40 Å². The highest BCUT2D eigenvalue weighted by Crippen LogP contribution is 2.25. The average Bonchev–Trinajstić information content (AvgIpc) is 3.03. The van der Waals surface area contributed by atoms with E-state index in [2.05, 4.69) is 10.2 Å². The molecule has 0 atom stereocenters. The van der Waals surface area contributed by atoms with Gasteiger partial charge in [-0.1, -0.05) is 36.4 Å². The second-order valence-corrected chi connectivity index (χ2v) is 6.58. The Morgan fingerprint density at radius 3 is 2.60 bits per heavy atom. The van der Waals surface area contributed by atoms with E-state index in [1.54, 1.807) is 0 Å². The molecular weight excluding hydrogens is 274 g/mol. The van der Waals surface area contributed by atoms with Crippen LogP contribution in [0.15, 0.2) is 53.7 Å². The SMILES string of the molecule is O=S(=O)(c1cn[nH]c1)N1CC=C(c2ccccc2)CC1. The molecule has 0 bridgehead atoms. The van der Waals surface area contributed by atoms with Crippen molar-refractivity contribution in [2.24, 2.45) is 0 Å². The lowest BCUT2D eigenvalue weighted by Crippen LogP contribution is -2.34. The van der Waals surface area contributed by atoms with Crippen LogP contribution in [0, 0.1) is 0 Å². The third kappa shape index (κ3) is 2.39. The Morgan fingerprint density at radius 2 is 2.00 bits per heavy atom. The monoisotopic (exact) mass is 289 g/mol. The van der Waals surface area contributed by atoms with Crippen LogP contribution in [0.4, 0.5) is 0 Å². The summed E-state index contributed by atoms with van der Waals surface area (Å²) in [4.78, 5) is 0.217. The number of aromatic nitrogens is 2. The van der Waals surface area contributed by atoms with Crippen LogP contribution < -0.4 is 0 Å². The zero-order chi connectivity index (χ0) is 14.0. The fourth-order valence-corrected chi connectivity index (χ4v) is 3.60. The summed E-state index contributed by atoms with van der Waals surface area (Å²) in [5, 5.41) is 6.24. The van der Waals surface area contributed by atoms with E-state index in [0.29, 0.717) is 13.1 Å². The lowest BCUT2D eigenvalue weighted by molar-refractivity contribution is 0.441. The highest BCUT2D eigenvalue weighted by Gasteiger charge is 2.26. The molecule has 2 heterocycles. The minimum atomic E-state index is -3.43. The first kappa shape index (κ1) is 13.1. The average molecular weight is 289 g/mol. The molecule has 0 aliphatic carbocycles. The lowest BCUT2D eigenvalue weighted by Gasteiger charge is -2.25. The molecule has 1 aliphatic heterocycles. The third-order valence-electron chi connectivity index (χ3n) is 3.43. The van der Waals surface area contributed by atoms with Crippen LogP contribution >= 0.6 is 0 Å². The van der Waals surface area contributed by atoms with Gasteiger partial charge in [-0.15, -0.1) is 0 Å². The van der Waals surface area contributed by atoms with Gasteiger partial charge in [-0.05, 0) is 17.6 Å². The van der Waals surface area contributed by atoms with Crippen molar-refractivity contribution in [1.29, 1.82) is 0 Å². The molecule has 1 aromatic carbocycles. The van der Waals surface area contributed by atoms with E-state index in [-0.39, 0.29) is 4.90 Å². The van der Waals surface area contributed by atoms with Gasteiger partial charge in [0, 0.05) is 19.3 Å². The normalized spacial score (nSPS) is 16.9. The molecule has 1 aromatic heterocycles. The lowest BCUT2D eigenvalue weighted by atomic mass is 10.0. The molecule has 0 fully saturated rings. The van der Waals surface area contributed by atoms with Crippen molar-refractivity contribution in [2.75, 3.05) is 13.1 Å². The van der Waals surface area contributed by atoms with Crippen molar-refractivity contribution in [1.82, 2.24) is 14.5 Å². The molecule has 2 aromatic rings. The van der Waals surface area contributed by atoms with E-state index >= 15 is 0 Å². The van der Waals surface area contributed by atoms with Crippen molar-refractivity contribution in [2.45, 2.75) is 11.3 Å². The maximum absolute atomic E-state index is 12.3. The Kier molecular flexibility index (Phi) is 3.42. The van der Waals surface area contributed by atoms with Crippen LogP contribution in [0.5, 0.6) is 0 Å². The molecule has 104 valence electrons. The van der Waals surface area contributed by atoms with Crippen molar-refractivity contribution in [3.05, 3.63) is 54.4 Å². The van der Waals surface area contributed by atoms with E-state index in [1.165, 1.54) is 22.3 Å². The van der Waals surface area contributed by atoms with Crippen molar-refractivity contribution >= 4 is 15.6 Å². The molecule has 3 rings (SSSR count). The van der Waals surface area contributed by atoms with Crippen molar-refractivity contribution in [3.63, 3.8) is 0 Å². The van der Waals surface area contributed by atoms with Gasteiger partial charge in [0.25, 0.3) is 0 Å². The first-order valence-electron chi connectivity index (χ1n) is 6.41. The molecule has 0 saturated carbocycles. The topological polar surface area (TPSA) is 66.1 Å². The first-order valence-corrected chi connectivity index (χ1v) is 7.85. The molecule has 0 saturated heterocycles. The first-order chi connectivity index (χ1) is 9.68. The smallest absolute Gasteiger partial charge is 0.246 e. The summed E-state index contributed by atoms with van der Waals surface area (Å²) < 4.78 is 26.1. The van der Waals surface area contributed by atoms with Crippen LogP contribution in [-0.4, -0.2) is 36.0 Å². The molecule has 0 spiro atoms. The molecule has 0 unspecified atom stereocenters. The molecule has 1 aliphatic rings. The predicted molar refractivity (Wildman–Crippen MR) is 76.4 cm³/mol. The van der Waals surface area contributed by atoms with Gasteiger partial charge in [-0.25, -0.2) is 8.42 Å². The van der Waals surface area contributed by atoms with Gasteiger partial charge >= 0.3 is 0 Å². The zero-order valence-electron chi connectivity index (χ0n) is 10.9. The van der Waals surface area contributed by atoms with Crippen LogP contribution in [0.3, 0.4) is 0 Å². The van der Waals surface area contributed by atoms with E-state index in [0.717, 1.165) is 12.0 Å². The number of nitrogens with zero attached hydrogens (tertiary/aromatic N) is 2. The number of hydrogen-bond acceptors (Lipinski definition) is 3. The molecule has 0 amide bonds. The van der Waals surface area contributed by atoms with E-state index in [9.17, 15) is 8.42 Å². The molecule has 6 heteroatoms. The van der Waals surface area contributed by atoms with Gasteiger partial charge < -0.3 is 0 Å². The van der Waals surface area contributed by atoms with E-state index < -0.39 is 10.0 Å². The summed E-state index contributed by atoms with van der Waals surface area (Å²) in [6, 6.07) is 10.1. The van der Waals surface area contributed by atoms with Crippen LogP contribution in [0.1, 0.15) is 12.0 Å². The summed E-state index contributed by atoms with van der Waals surface area (Å²) in [5.41, 5.74) is 2.36. The Bertz CT molecular complexity index is 706. The Morgan fingerprint density at radius 1 is 1.20 bits per heavy atom. The number of hydrogen-bond donors (Lipinski definition) is 1. The summed E-state index contributed by atoms with van der Waals surface area (Å²) >= 11 is 0. The summed E-state index contributed by atoms with van der Waals surface area (Å²) in [6.07, 6.45) is 5.45. The van der Waals surface area contributed by atoms with Crippen LogP contribution in [-0.2, 0) is 10.0 Å². The largest absolute Gasteiger partial charge is 0.284 e. The second kappa shape index (κ2) is 5.22. The molecule has 20 heavy (non-hydrogen) atoms. The van der Waals surface area contributed by atoms with Gasteiger partial charge in [0.2, 0.25) is 10.0 Å². The number of H-pyrrole nitrogens is 1. The van der Waals surface area contributed by atoms with Gasteiger partial charge in [0.1, 0.15) is 4.90 Å². The Hall–Kier alpha value is -1.92. The molecular formula is C14H15N3O2S. The maximum atomic E-state index is 12.3. The highest BCUT2D eigenvalue weighted by molar-refractivity contribution is 7.89. The molecule has 1 N–H and O–H groups in total. The number of aromatic amines is 1. The molecule has 5 nitrogen and oxygen atoms in total.